The van der Waals surface area contributed by atoms with E-state index in [1.165, 1.54) is 17.9 Å². The van der Waals surface area contributed by atoms with Gasteiger partial charge in [-0.2, -0.15) is 0 Å². The van der Waals surface area contributed by atoms with Gasteiger partial charge in [0.05, 0.1) is 0 Å². The molecule has 0 spiro atoms. The normalized spacial score (nSPS) is 26.2. The van der Waals surface area contributed by atoms with Crippen molar-refractivity contribution in [3.05, 3.63) is 17.7 Å². The summed E-state index contributed by atoms with van der Waals surface area (Å²) in [5.41, 5.74) is 6.89. The first kappa shape index (κ1) is 9.71. The van der Waals surface area contributed by atoms with Gasteiger partial charge < -0.3 is 10.3 Å². The minimum atomic E-state index is 0.595. The number of fused-ring (bicyclic) bond motifs is 1. The zero-order valence-corrected chi connectivity index (χ0v) is 9.03. The van der Waals surface area contributed by atoms with Crippen LogP contribution in [0.15, 0.2) is 6.20 Å². The number of nitrogens with two attached hydrogens (primary N) is 1. The second-order valence-corrected chi connectivity index (χ2v) is 4.47. The maximum Gasteiger partial charge on any atom is 0.109 e. The first-order valence-corrected chi connectivity index (χ1v) is 5.47. The molecule has 3 heteroatoms. The van der Waals surface area contributed by atoms with Crippen molar-refractivity contribution in [1.29, 1.82) is 0 Å². The van der Waals surface area contributed by atoms with Gasteiger partial charge in [-0.25, -0.2) is 4.98 Å². The van der Waals surface area contributed by atoms with Crippen molar-refractivity contribution in [2.45, 2.75) is 39.2 Å². The molecule has 2 N–H and O–H groups in total. The molecule has 1 aromatic rings. The van der Waals surface area contributed by atoms with Gasteiger partial charge in [-0.1, -0.05) is 6.92 Å². The van der Waals surface area contributed by atoms with E-state index in [0.29, 0.717) is 12.6 Å². The number of aromatic nitrogens is 2. The van der Waals surface area contributed by atoms with E-state index in [4.69, 9.17) is 5.73 Å². The van der Waals surface area contributed by atoms with Crippen molar-refractivity contribution in [2.75, 3.05) is 6.54 Å². The molecule has 0 aromatic carbocycles. The summed E-state index contributed by atoms with van der Waals surface area (Å²) in [5.74, 6) is 2.02. The predicted octanol–water partition coefficient (Wildman–Crippen LogP) is 1.53. The van der Waals surface area contributed by atoms with Crippen molar-refractivity contribution in [1.82, 2.24) is 9.55 Å². The number of hydrogen-bond acceptors (Lipinski definition) is 2. The summed E-state index contributed by atoms with van der Waals surface area (Å²) in [6.45, 7) is 5.30. The van der Waals surface area contributed by atoms with Crippen LogP contribution < -0.4 is 5.73 Å². The Morgan fingerprint density at radius 3 is 3.07 bits per heavy atom. The van der Waals surface area contributed by atoms with Gasteiger partial charge in [0.25, 0.3) is 0 Å². The lowest BCUT2D eigenvalue weighted by atomic mass is 9.95. The highest BCUT2D eigenvalue weighted by atomic mass is 15.1. The predicted molar refractivity (Wildman–Crippen MR) is 57.2 cm³/mol. The van der Waals surface area contributed by atoms with Crippen molar-refractivity contribution in [3.63, 3.8) is 0 Å². The van der Waals surface area contributed by atoms with Crippen LogP contribution in [0, 0.1) is 5.92 Å². The lowest BCUT2D eigenvalue weighted by molar-refractivity contribution is 0.337. The molecule has 14 heavy (non-hydrogen) atoms. The molecule has 2 atom stereocenters. The van der Waals surface area contributed by atoms with Crippen LogP contribution in [0.1, 0.15) is 37.8 Å². The van der Waals surface area contributed by atoms with E-state index in [-0.39, 0.29) is 0 Å². The lowest BCUT2D eigenvalue weighted by Gasteiger charge is -2.28. The Kier molecular flexibility index (Phi) is 2.59. The summed E-state index contributed by atoms with van der Waals surface area (Å²) in [7, 11) is 0. The van der Waals surface area contributed by atoms with Crippen LogP contribution >= 0.6 is 0 Å². The molecule has 2 heterocycles. The van der Waals surface area contributed by atoms with Crippen LogP contribution in [-0.4, -0.2) is 16.1 Å². The average molecular weight is 193 g/mol. The Morgan fingerprint density at radius 2 is 2.36 bits per heavy atom. The summed E-state index contributed by atoms with van der Waals surface area (Å²) < 4.78 is 2.38. The number of rotatable bonds is 2. The molecule has 78 valence electrons. The Bertz CT molecular complexity index is 303. The third kappa shape index (κ3) is 1.57. The topological polar surface area (TPSA) is 43.8 Å². The standard InChI is InChI=1S/C11H19N3/c1-8-5-9(2)14-10(3-4-12)7-13-11(14)6-8/h7-9H,3-6,12H2,1-2H3. The van der Waals surface area contributed by atoms with E-state index in [0.717, 1.165) is 18.8 Å². The van der Waals surface area contributed by atoms with E-state index in [9.17, 15) is 0 Å². The molecule has 0 radical (unpaired) electrons. The molecule has 0 saturated carbocycles. The molecule has 2 rings (SSSR count). The summed E-state index contributed by atoms with van der Waals surface area (Å²) in [6.07, 6.45) is 5.33. The monoisotopic (exact) mass is 193 g/mol. The lowest BCUT2D eigenvalue weighted by Crippen LogP contribution is -2.23. The molecule has 3 nitrogen and oxygen atoms in total. The minimum absolute atomic E-state index is 0.595. The number of nitrogens with zero attached hydrogens (tertiary/aromatic N) is 2. The van der Waals surface area contributed by atoms with Crippen LogP contribution in [0.2, 0.25) is 0 Å². The van der Waals surface area contributed by atoms with Gasteiger partial charge in [-0.3, -0.25) is 0 Å². The smallest absolute Gasteiger partial charge is 0.109 e. The second-order valence-electron chi connectivity index (χ2n) is 4.47. The molecule has 2 unspecified atom stereocenters. The third-order valence-electron chi connectivity index (χ3n) is 3.07. The summed E-state index contributed by atoms with van der Waals surface area (Å²) >= 11 is 0. The molecule has 0 amide bonds. The van der Waals surface area contributed by atoms with Crippen LogP contribution in [0.3, 0.4) is 0 Å². The average Bonchev–Trinajstić information content (AvgIpc) is 2.49. The summed E-state index contributed by atoms with van der Waals surface area (Å²) in [6, 6.07) is 0.595. The van der Waals surface area contributed by atoms with Gasteiger partial charge in [-0.05, 0) is 25.8 Å². The Labute approximate surface area is 85.3 Å². The SMILES string of the molecule is CC1Cc2ncc(CCN)n2C(C)C1. The first-order valence-electron chi connectivity index (χ1n) is 5.47. The van der Waals surface area contributed by atoms with Gasteiger partial charge >= 0.3 is 0 Å². The fourth-order valence-electron chi connectivity index (χ4n) is 2.54. The second kappa shape index (κ2) is 3.73. The number of imidazole rings is 1. The van der Waals surface area contributed by atoms with Crippen molar-refractivity contribution in [3.8, 4) is 0 Å². The van der Waals surface area contributed by atoms with Crippen LogP contribution in [0.25, 0.3) is 0 Å². The molecule has 1 aliphatic rings. The van der Waals surface area contributed by atoms with Gasteiger partial charge in [0, 0.05) is 30.8 Å². The van der Waals surface area contributed by atoms with E-state index >= 15 is 0 Å². The Hall–Kier alpha value is -0.830. The highest BCUT2D eigenvalue weighted by Gasteiger charge is 2.23. The van der Waals surface area contributed by atoms with Crippen LogP contribution in [-0.2, 0) is 12.8 Å². The van der Waals surface area contributed by atoms with E-state index < -0.39 is 0 Å². The zero-order chi connectivity index (χ0) is 10.1. The molecular weight excluding hydrogens is 174 g/mol. The fourth-order valence-corrected chi connectivity index (χ4v) is 2.54. The maximum atomic E-state index is 5.58. The Morgan fingerprint density at radius 1 is 1.57 bits per heavy atom. The van der Waals surface area contributed by atoms with Crippen LogP contribution in [0.4, 0.5) is 0 Å². The van der Waals surface area contributed by atoms with Crippen molar-refractivity contribution in [2.24, 2.45) is 11.7 Å². The van der Waals surface area contributed by atoms with E-state index in [1.807, 2.05) is 6.20 Å². The van der Waals surface area contributed by atoms with E-state index in [1.54, 1.807) is 0 Å². The third-order valence-corrected chi connectivity index (χ3v) is 3.07. The quantitative estimate of drug-likeness (QED) is 0.774. The van der Waals surface area contributed by atoms with Crippen LogP contribution in [0.5, 0.6) is 0 Å². The first-order chi connectivity index (χ1) is 6.72. The van der Waals surface area contributed by atoms with Gasteiger partial charge in [-0.15, -0.1) is 0 Å². The minimum Gasteiger partial charge on any atom is -0.330 e. The molecule has 1 aliphatic heterocycles. The molecule has 0 bridgehead atoms. The Balaban J connectivity index is 2.32. The molecule has 0 aliphatic carbocycles. The van der Waals surface area contributed by atoms with Crippen molar-refractivity contribution < 1.29 is 0 Å². The highest BCUT2D eigenvalue weighted by Crippen LogP contribution is 2.29. The van der Waals surface area contributed by atoms with E-state index in [2.05, 4.69) is 23.4 Å². The largest absolute Gasteiger partial charge is 0.330 e. The number of hydrogen-bond donors (Lipinski definition) is 1. The van der Waals surface area contributed by atoms with Gasteiger partial charge in [0.2, 0.25) is 0 Å². The molecular formula is C11H19N3. The summed E-state index contributed by atoms with van der Waals surface area (Å²) in [5, 5.41) is 0. The maximum absolute atomic E-state index is 5.58. The fraction of sp³-hybridized carbons (Fsp3) is 0.727. The molecule has 0 fully saturated rings. The molecule has 0 saturated heterocycles. The van der Waals surface area contributed by atoms with Gasteiger partial charge in [0.1, 0.15) is 5.82 Å². The molecule has 1 aromatic heterocycles. The summed E-state index contributed by atoms with van der Waals surface area (Å²) in [4.78, 5) is 4.48. The van der Waals surface area contributed by atoms with Gasteiger partial charge in [0.15, 0.2) is 0 Å². The highest BCUT2D eigenvalue weighted by molar-refractivity contribution is 5.10. The zero-order valence-electron chi connectivity index (χ0n) is 9.03. The van der Waals surface area contributed by atoms with Crippen molar-refractivity contribution >= 4 is 0 Å².